The van der Waals surface area contributed by atoms with Crippen LogP contribution in [0, 0.1) is 17.8 Å². The first kappa shape index (κ1) is 30.1. The Bertz CT molecular complexity index is 1070. The van der Waals surface area contributed by atoms with E-state index < -0.39 is 23.4 Å². The van der Waals surface area contributed by atoms with Crippen LogP contribution in [0.3, 0.4) is 0 Å². The average Bonchev–Trinajstić information content (AvgIpc) is 2.86. The lowest BCUT2D eigenvalue weighted by molar-refractivity contribution is 0.0885. The number of amides is 1. The highest BCUT2D eigenvalue weighted by molar-refractivity contribution is 5.99. The molecule has 204 valence electrons. The van der Waals surface area contributed by atoms with Crippen LogP contribution in [0.4, 0.5) is 4.79 Å². The Labute approximate surface area is 220 Å². The number of methoxy groups -OCH3 is 1. The molecule has 0 fully saturated rings. The first-order valence-electron chi connectivity index (χ1n) is 13.3. The molecule has 1 aromatic heterocycles. The highest BCUT2D eigenvalue weighted by Gasteiger charge is 2.28. The molecule has 0 aliphatic rings. The molecule has 2 N–H and O–H groups in total. The molecule has 3 unspecified atom stereocenters. The van der Waals surface area contributed by atoms with Crippen molar-refractivity contribution in [3.63, 3.8) is 0 Å². The van der Waals surface area contributed by atoms with E-state index in [4.69, 9.17) is 4.42 Å². The number of aromatic hydroxyl groups is 1. The summed E-state index contributed by atoms with van der Waals surface area (Å²) in [5.74, 6) is -0.326. The SMILES string of the molecule is COC(=O)NCCCCC(C)c1cc(O)c(C(=O)C(C)C(C)Cc2ccc(CCC(C)C)cc2)c(=O)o1. The fourth-order valence-corrected chi connectivity index (χ4v) is 4.28. The molecule has 0 aliphatic carbocycles. The summed E-state index contributed by atoms with van der Waals surface area (Å²) in [6.45, 7) is 10.6. The number of hydrogen-bond donors (Lipinski definition) is 2. The Morgan fingerprint density at radius 1 is 1.00 bits per heavy atom. The lowest BCUT2D eigenvalue weighted by Crippen LogP contribution is -2.26. The molecule has 0 bridgehead atoms. The largest absolute Gasteiger partial charge is 0.507 e. The van der Waals surface area contributed by atoms with Gasteiger partial charge in [0.2, 0.25) is 0 Å². The van der Waals surface area contributed by atoms with Crippen molar-refractivity contribution in [3.05, 3.63) is 63.2 Å². The predicted octanol–water partition coefficient (Wildman–Crippen LogP) is 6.26. The van der Waals surface area contributed by atoms with Gasteiger partial charge in [0.15, 0.2) is 5.78 Å². The maximum Gasteiger partial charge on any atom is 0.406 e. The number of hydrogen-bond acceptors (Lipinski definition) is 6. The third-order valence-corrected chi connectivity index (χ3v) is 7.06. The van der Waals surface area contributed by atoms with Crippen molar-refractivity contribution in [1.29, 1.82) is 0 Å². The number of nitrogens with one attached hydrogen (secondary N) is 1. The Hall–Kier alpha value is -3.09. The van der Waals surface area contributed by atoms with Crippen LogP contribution in [-0.2, 0) is 17.6 Å². The van der Waals surface area contributed by atoms with Crippen LogP contribution >= 0.6 is 0 Å². The van der Waals surface area contributed by atoms with Crippen LogP contribution in [0.2, 0.25) is 0 Å². The summed E-state index contributed by atoms with van der Waals surface area (Å²) in [5, 5.41) is 13.2. The van der Waals surface area contributed by atoms with Gasteiger partial charge in [-0.25, -0.2) is 9.59 Å². The van der Waals surface area contributed by atoms with Crippen LogP contribution in [0.25, 0.3) is 0 Å². The second-order valence-electron chi connectivity index (χ2n) is 10.6. The van der Waals surface area contributed by atoms with Crippen molar-refractivity contribution in [1.82, 2.24) is 5.32 Å². The predicted molar refractivity (Wildman–Crippen MR) is 145 cm³/mol. The summed E-state index contributed by atoms with van der Waals surface area (Å²) in [5.41, 5.74) is 1.38. The standard InChI is InChI=1S/C30H43NO6/c1-19(2)10-11-23-12-14-24(15-13-23)17-21(4)22(5)28(33)27-25(32)18-26(37-29(27)34)20(3)9-7-8-16-31-30(35)36-6/h12-15,18-22,32H,7-11,16-17H2,1-6H3,(H,31,35). The number of aryl methyl sites for hydroxylation is 1. The topological polar surface area (TPSA) is 106 Å². The summed E-state index contributed by atoms with van der Waals surface area (Å²) in [6.07, 6.45) is 4.65. The smallest absolute Gasteiger partial charge is 0.406 e. The molecule has 1 heterocycles. The summed E-state index contributed by atoms with van der Waals surface area (Å²) in [7, 11) is 1.31. The van der Waals surface area contributed by atoms with Gasteiger partial charge in [-0.2, -0.15) is 0 Å². The van der Waals surface area contributed by atoms with Crippen LogP contribution in [-0.4, -0.2) is 30.6 Å². The zero-order valence-corrected chi connectivity index (χ0v) is 23.1. The van der Waals surface area contributed by atoms with Crippen molar-refractivity contribution < 1.29 is 23.8 Å². The fourth-order valence-electron chi connectivity index (χ4n) is 4.28. The first-order chi connectivity index (χ1) is 17.5. The minimum atomic E-state index is -0.798. The minimum Gasteiger partial charge on any atom is -0.507 e. The van der Waals surface area contributed by atoms with Gasteiger partial charge >= 0.3 is 11.7 Å². The molecule has 0 saturated carbocycles. The number of ketones is 1. The molecule has 7 nitrogen and oxygen atoms in total. The van der Waals surface area contributed by atoms with E-state index in [0.29, 0.717) is 31.1 Å². The molecule has 2 aromatic rings. The molecule has 0 aliphatic heterocycles. The van der Waals surface area contributed by atoms with Crippen LogP contribution < -0.4 is 10.9 Å². The number of carbonyl (C=O) groups is 2. The van der Waals surface area contributed by atoms with Crippen LogP contribution in [0.15, 0.2) is 39.5 Å². The van der Waals surface area contributed by atoms with Crippen LogP contribution in [0.5, 0.6) is 5.75 Å². The lowest BCUT2D eigenvalue weighted by Gasteiger charge is -2.19. The maximum absolute atomic E-state index is 13.2. The number of unbranched alkanes of at least 4 members (excludes halogenated alkanes) is 1. The average molecular weight is 514 g/mol. The zero-order valence-electron chi connectivity index (χ0n) is 23.1. The van der Waals surface area contributed by atoms with Crippen molar-refractivity contribution in [2.24, 2.45) is 17.8 Å². The maximum atomic E-state index is 13.2. The van der Waals surface area contributed by atoms with Gasteiger partial charge in [0.1, 0.15) is 17.1 Å². The molecule has 0 radical (unpaired) electrons. The summed E-state index contributed by atoms with van der Waals surface area (Å²) in [6, 6.07) is 9.90. The lowest BCUT2D eigenvalue weighted by atomic mass is 9.84. The normalized spacial score (nSPS) is 13.7. The highest BCUT2D eigenvalue weighted by atomic mass is 16.5. The third kappa shape index (κ3) is 9.38. The number of alkyl carbamates (subject to hydrolysis) is 1. The molecule has 37 heavy (non-hydrogen) atoms. The van der Waals surface area contributed by atoms with Gasteiger partial charge in [-0.3, -0.25) is 4.79 Å². The summed E-state index contributed by atoms with van der Waals surface area (Å²) in [4.78, 5) is 37.0. The quantitative estimate of drug-likeness (QED) is 0.228. The third-order valence-electron chi connectivity index (χ3n) is 7.06. The van der Waals surface area contributed by atoms with E-state index in [-0.39, 0.29) is 23.1 Å². The molecule has 3 atom stereocenters. The van der Waals surface area contributed by atoms with Gasteiger partial charge < -0.3 is 19.6 Å². The Morgan fingerprint density at radius 3 is 2.24 bits per heavy atom. The highest BCUT2D eigenvalue weighted by Crippen LogP contribution is 2.28. The van der Waals surface area contributed by atoms with Crippen molar-refractivity contribution in [3.8, 4) is 5.75 Å². The summed E-state index contributed by atoms with van der Waals surface area (Å²) >= 11 is 0. The number of rotatable bonds is 14. The molecule has 1 aromatic carbocycles. The number of ether oxygens (including phenoxy) is 1. The van der Waals surface area contributed by atoms with E-state index in [1.54, 1.807) is 6.92 Å². The van der Waals surface area contributed by atoms with Gasteiger partial charge in [-0.1, -0.05) is 65.3 Å². The second-order valence-corrected chi connectivity index (χ2v) is 10.6. The van der Waals surface area contributed by atoms with E-state index in [2.05, 4.69) is 48.2 Å². The van der Waals surface area contributed by atoms with Crippen molar-refractivity contribution >= 4 is 11.9 Å². The van der Waals surface area contributed by atoms with E-state index in [0.717, 1.165) is 31.2 Å². The number of carbonyl (C=O) groups excluding carboxylic acids is 2. The zero-order chi connectivity index (χ0) is 27.5. The van der Waals surface area contributed by atoms with E-state index >= 15 is 0 Å². The number of Topliss-reactive ketones (excluding diaryl/α,β-unsaturated/α-hetero) is 1. The molecule has 0 saturated heterocycles. The van der Waals surface area contributed by atoms with Crippen molar-refractivity contribution in [2.45, 2.75) is 79.1 Å². The van der Waals surface area contributed by atoms with E-state index in [1.807, 2.05) is 13.8 Å². The van der Waals surface area contributed by atoms with Gasteiger partial charge in [-0.05, 0) is 55.1 Å². The van der Waals surface area contributed by atoms with Gasteiger partial charge in [0.25, 0.3) is 0 Å². The Balaban J connectivity index is 1.98. The Morgan fingerprint density at radius 2 is 1.65 bits per heavy atom. The molecular weight excluding hydrogens is 470 g/mol. The fraction of sp³-hybridized carbons (Fsp3) is 0.567. The molecular formula is C30H43NO6. The minimum absolute atomic E-state index is 0.0231. The molecule has 2 rings (SSSR count). The second kappa shape index (κ2) is 14.6. The van der Waals surface area contributed by atoms with Gasteiger partial charge in [0.05, 0.1) is 7.11 Å². The van der Waals surface area contributed by atoms with Crippen molar-refractivity contribution in [2.75, 3.05) is 13.7 Å². The number of benzene rings is 1. The Kier molecular flexibility index (Phi) is 11.9. The van der Waals surface area contributed by atoms with E-state index in [1.165, 1.54) is 18.7 Å². The first-order valence-corrected chi connectivity index (χ1v) is 13.3. The summed E-state index contributed by atoms with van der Waals surface area (Å²) < 4.78 is 9.99. The van der Waals surface area contributed by atoms with E-state index in [9.17, 15) is 19.5 Å². The molecule has 0 spiro atoms. The van der Waals surface area contributed by atoms with Gasteiger partial charge in [-0.15, -0.1) is 0 Å². The van der Waals surface area contributed by atoms with Gasteiger partial charge in [0, 0.05) is 24.4 Å². The van der Waals surface area contributed by atoms with Crippen LogP contribution in [0.1, 0.15) is 93.5 Å². The monoisotopic (exact) mass is 513 g/mol. The molecule has 7 heteroatoms. The molecule has 1 amide bonds.